The van der Waals surface area contributed by atoms with Gasteiger partial charge in [-0.3, -0.25) is 0 Å². The van der Waals surface area contributed by atoms with Crippen molar-refractivity contribution in [3.8, 4) is 6.07 Å². The van der Waals surface area contributed by atoms with E-state index >= 15 is 0 Å². The van der Waals surface area contributed by atoms with Gasteiger partial charge in [0, 0.05) is 0 Å². The minimum Gasteiger partial charge on any atom is -0.192 e. The summed E-state index contributed by atoms with van der Waals surface area (Å²) in [6, 6.07) is 12.7. The van der Waals surface area contributed by atoms with E-state index in [2.05, 4.69) is 24.3 Å². The van der Waals surface area contributed by atoms with Gasteiger partial charge in [0.15, 0.2) is 0 Å². The molecule has 1 aromatic carbocycles. The van der Waals surface area contributed by atoms with E-state index in [1.54, 1.807) is 0 Å². The molecule has 0 aliphatic heterocycles. The molecule has 0 N–H and O–H groups in total. The number of allylic oxidation sites excluding steroid dienone is 2. The zero-order valence-electron chi connectivity index (χ0n) is 11.9. The lowest BCUT2D eigenvalue weighted by molar-refractivity contribution is -0.0234. The van der Waals surface area contributed by atoms with E-state index in [1.807, 2.05) is 18.2 Å². The Morgan fingerprint density at radius 1 is 1.00 bits per heavy atom. The van der Waals surface area contributed by atoms with Crippen LogP contribution in [0.1, 0.15) is 44.1 Å². The lowest BCUT2D eigenvalue weighted by atomic mass is 9.49. The summed E-state index contributed by atoms with van der Waals surface area (Å²) in [5, 5.41) is 9.56. The van der Waals surface area contributed by atoms with E-state index in [1.165, 1.54) is 38.5 Å². The molecule has 4 aliphatic carbocycles. The van der Waals surface area contributed by atoms with Crippen molar-refractivity contribution < 1.29 is 0 Å². The van der Waals surface area contributed by atoms with E-state index in [4.69, 9.17) is 0 Å². The van der Waals surface area contributed by atoms with Gasteiger partial charge in [-0.2, -0.15) is 5.26 Å². The highest BCUT2D eigenvalue weighted by Crippen LogP contribution is 2.61. The molecule has 0 saturated heterocycles. The SMILES string of the molecule is N#C/C(=C\C12CC3CC(CC(C3)C1)C2)c1ccccc1. The lowest BCUT2D eigenvalue weighted by Gasteiger charge is -2.56. The Balaban J connectivity index is 1.70. The smallest absolute Gasteiger partial charge is 0.0994 e. The van der Waals surface area contributed by atoms with Crippen molar-refractivity contribution in [2.24, 2.45) is 23.2 Å². The molecule has 1 nitrogen and oxygen atoms in total. The Hall–Kier alpha value is -1.55. The Bertz CT molecular complexity index is 540. The van der Waals surface area contributed by atoms with Gasteiger partial charge in [0.2, 0.25) is 0 Å². The van der Waals surface area contributed by atoms with E-state index in [0.717, 1.165) is 28.9 Å². The highest BCUT2D eigenvalue weighted by Gasteiger charge is 2.49. The fourth-order valence-electron chi connectivity index (χ4n) is 5.46. The largest absolute Gasteiger partial charge is 0.192 e. The molecular weight excluding hydrogens is 242 g/mol. The fraction of sp³-hybridized carbons (Fsp3) is 0.526. The topological polar surface area (TPSA) is 23.8 Å². The summed E-state index contributed by atoms with van der Waals surface area (Å²) in [4.78, 5) is 0. The molecule has 0 atom stereocenters. The van der Waals surface area contributed by atoms with E-state index < -0.39 is 0 Å². The summed E-state index contributed by atoms with van der Waals surface area (Å²) < 4.78 is 0. The van der Waals surface area contributed by atoms with Crippen molar-refractivity contribution in [1.82, 2.24) is 0 Å². The molecule has 102 valence electrons. The van der Waals surface area contributed by atoms with Crippen molar-refractivity contribution in [2.45, 2.75) is 38.5 Å². The van der Waals surface area contributed by atoms with Gasteiger partial charge < -0.3 is 0 Å². The van der Waals surface area contributed by atoms with Crippen LogP contribution in [0.2, 0.25) is 0 Å². The zero-order valence-corrected chi connectivity index (χ0v) is 11.9. The van der Waals surface area contributed by atoms with E-state index in [-0.39, 0.29) is 0 Å². The van der Waals surface area contributed by atoms with Crippen LogP contribution in [0.5, 0.6) is 0 Å². The van der Waals surface area contributed by atoms with Gasteiger partial charge in [-0.15, -0.1) is 0 Å². The van der Waals surface area contributed by atoms with E-state index in [0.29, 0.717) is 5.41 Å². The average Bonchev–Trinajstić information content (AvgIpc) is 2.44. The molecule has 0 radical (unpaired) electrons. The first-order valence-electron chi connectivity index (χ1n) is 7.95. The highest BCUT2D eigenvalue weighted by atomic mass is 14.5. The molecule has 20 heavy (non-hydrogen) atoms. The predicted molar refractivity (Wildman–Crippen MR) is 80.6 cm³/mol. The quantitative estimate of drug-likeness (QED) is 0.702. The van der Waals surface area contributed by atoms with Gasteiger partial charge in [-0.25, -0.2) is 0 Å². The molecule has 0 aromatic heterocycles. The minimum absolute atomic E-state index is 0.343. The van der Waals surface area contributed by atoms with Gasteiger partial charge in [-0.1, -0.05) is 36.4 Å². The number of hydrogen-bond donors (Lipinski definition) is 0. The first-order valence-corrected chi connectivity index (χ1v) is 7.95. The molecule has 1 heteroatoms. The summed E-state index contributed by atoms with van der Waals surface area (Å²) in [6.07, 6.45) is 10.7. The lowest BCUT2D eigenvalue weighted by Crippen LogP contribution is -2.45. The first kappa shape index (κ1) is 12.2. The van der Waals surface area contributed by atoms with Crippen LogP contribution in [0.4, 0.5) is 0 Å². The molecule has 0 unspecified atom stereocenters. The molecule has 5 rings (SSSR count). The normalized spacial score (nSPS) is 38.8. The standard InChI is InChI=1S/C19H21N/c20-13-18(17-4-2-1-3-5-17)12-19-9-14-6-15(10-19)8-16(7-14)11-19/h1-5,12,14-16H,6-11H2/b18-12+. The summed E-state index contributed by atoms with van der Waals surface area (Å²) in [5.41, 5.74) is 2.33. The Kier molecular flexibility index (Phi) is 2.74. The number of hydrogen-bond acceptors (Lipinski definition) is 1. The number of benzene rings is 1. The molecule has 4 bridgehead atoms. The molecule has 4 fully saturated rings. The van der Waals surface area contributed by atoms with Crippen molar-refractivity contribution in [3.05, 3.63) is 42.0 Å². The molecule has 4 aliphatic rings. The fourth-order valence-corrected chi connectivity index (χ4v) is 5.46. The minimum atomic E-state index is 0.343. The van der Waals surface area contributed by atoms with Gasteiger partial charge in [0.05, 0.1) is 11.6 Å². The predicted octanol–water partition coefficient (Wildman–Crippen LogP) is 4.81. The molecule has 4 saturated carbocycles. The van der Waals surface area contributed by atoms with Crippen molar-refractivity contribution in [2.75, 3.05) is 0 Å². The van der Waals surface area contributed by atoms with Crippen LogP contribution in [-0.4, -0.2) is 0 Å². The van der Waals surface area contributed by atoms with Crippen molar-refractivity contribution in [1.29, 1.82) is 5.26 Å². The molecule has 0 heterocycles. The molecule has 0 spiro atoms. The number of nitriles is 1. The zero-order chi connectivity index (χ0) is 13.6. The summed E-state index contributed by atoms with van der Waals surface area (Å²) in [5.74, 6) is 2.81. The summed E-state index contributed by atoms with van der Waals surface area (Å²) >= 11 is 0. The van der Waals surface area contributed by atoms with Crippen LogP contribution >= 0.6 is 0 Å². The molecular formula is C19H21N. The van der Waals surface area contributed by atoms with Crippen LogP contribution in [0.15, 0.2) is 36.4 Å². The van der Waals surface area contributed by atoms with Gasteiger partial charge in [-0.05, 0) is 67.3 Å². The highest BCUT2D eigenvalue weighted by molar-refractivity contribution is 5.77. The second-order valence-electron chi connectivity index (χ2n) is 7.32. The van der Waals surface area contributed by atoms with Crippen LogP contribution in [0.25, 0.3) is 5.57 Å². The third-order valence-electron chi connectivity index (χ3n) is 5.74. The monoisotopic (exact) mass is 263 g/mol. The average molecular weight is 263 g/mol. The van der Waals surface area contributed by atoms with Crippen LogP contribution < -0.4 is 0 Å². The first-order chi connectivity index (χ1) is 9.76. The maximum absolute atomic E-state index is 9.56. The second kappa shape index (κ2) is 4.48. The molecule has 0 amide bonds. The van der Waals surface area contributed by atoms with E-state index in [9.17, 15) is 5.26 Å². The maximum Gasteiger partial charge on any atom is 0.0994 e. The molecule has 1 aromatic rings. The number of nitrogens with zero attached hydrogens (tertiary/aromatic N) is 1. The van der Waals surface area contributed by atoms with Gasteiger partial charge >= 0.3 is 0 Å². The maximum atomic E-state index is 9.56. The van der Waals surface area contributed by atoms with Crippen molar-refractivity contribution >= 4 is 5.57 Å². The van der Waals surface area contributed by atoms with Crippen LogP contribution in [0.3, 0.4) is 0 Å². The second-order valence-corrected chi connectivity index (χ2v) is 7.32. The van der Waals surface area contributed by atoms with Crippen LogP contribution in [-0.2, 0) is 0 Å². The Labute approximate surface area is 121 Å². The summed E-state index contributed by atoms with van der Waals surface area (Å²) in [6.45, 7) is 0. The van der Waals surface area contributed by atoms with Crippen molar-refractivity contribution in [3.63, 3.8) is 0 Å². The van der Waals surface area contributed by atoms with Gasteiger partial charge in [0.1, 0.15) is 0 Å². The van der Waals surface area contributed by atoms with Crippen LogP contribution in [0, 0.1) is 34.5 Å². The van der Waals surface area contributed by atoms with Gasteiger partial charge in [0.25, 0.3) is 0 Å². The Morgan fingerprint density at radius 2 is 1.55 bits per heavy atom. The third kappa shape index (κ3) is 1.99. The number of rotatable bonds is 2. The summed E-state index contributed by atoms with van der Waals surface area (Å²) in [7, 11) is 0. The third-order valence-corrected chi connectivity index (χ3v) is 5.74. The Morgan fingerprint density at radius 3 is 2.05 bits per heavy atom.